The summed E-state index contributed by atoms with van der Waals surface area (Å²) >= 11 is 0. The Morgan fingerprint density at radius 3 is 2.81 bits per heavy atom. The third kappa shape index (κ3) is 5.41. The van der Waals surface area contributed by atoms with E-state index in [1.807, 2.05) is 6.92 Å². The maximum Gasteiger partial charge on any atom is 0.303 e. The van der Waals surface area contributed by atoms with Crippen LogP contribution in [0.1, 0.15) is 30.7 Å². The van der Waals surface area contributed by atoms with E-state index in [0.717, 1.165) is 24.4 Å². The first-order chi connectivity index (χ1) is 7.68. The van der Waals surface area contributed by atoms with Crippen LogP contribution in [0.15, 0.2) is 12.4 Å². The number of hydrogen-bond acceptors (Lipinski definition) is 4. The van der Waals surface area contributed by atoms with Gasteiger partial charge in [0.1, 0.15) is 0 Å². The largest absolute Gasteiger partial charge is 0.481 e. The van der Waals surface area contributed by atoms with E-state index in [1.54, 1.807) is 12.4 Å². The Bertz CT molecular complexity index is 325. The van der Waals surface area contributed by atoms with Gasteiger partial charge in [0, 0.05) is 25.4 Å². The summed E-state index contributed by atoms with van der Waals surface area (Å²) in [5, 5.41) is 11.6. The Morgan fingerprint density at radius 1 is 1.38 bits per heavy atom. The molecule has 2 N–H and O–H groups in total. The molecule has 0 spiro atoms. The van der Waals surface area contributed by atoms with E-state index in [9.17, 15) is 4.79 Å². The summed E-state index contributed by atoms with van der Waals surface area (Å²) in [5.74, 6) is -0.732. The van der Waals surface area contributed by atoms with Crippen molar-refractivity contribution in [1.29, 1.82) is 0 Å². The number of rotatable bonds is 7. The van der Waals surface area contributed by atoms with Gasteiger partial charge in [-0.25, -0.2) is 0 Å². The zero-order valence-electron chi connectivity index (χ0n) is 9.44. The average molecular weight is 223 g/mol. The molecule has 0 amide bonds. The van der Waals surface area contributed by atoms with Crippen molar-refractivity contribution in [3.63, 3.8) is 0 Å². The van der Waals surface area contributed by atoms with Crippen LogP contribution in [0.25, 0.3) is 0 Å². The summed E-state index contributed by atoms with van der Waals surface area (Å²) in [7, 11) is 0. The topological polar surface area (TPSA) is 75.1 Å². The second-order valence-electron chi connectivity index (χ2n) is 3.68. The molecule has 0 aromatic carbocycles. The Labute approximate surface area is 94.9 Å². The van der Waals surface area contributed by atoms with Gasteiger partial charge in [0.2, 0.25) is 0 Å². The van der Waals surface area contributed by atoms with Crippen molar-refractivity contribution < 1.29 is 9.90 Å². The van der Waals surface area contributed by atoms with Gasteiger partial charge in [-0.05, 0) is 26.3 Å². The lowest BCUT2D eigenvalue weighted by Gasteiger charge is -2.03. The van der Waals surface area contributed by atoms with Crippen LogP contribution in [0.3, 0.4) is 0 Å². The zero-order valence-corrected chi connectivity index (χ0v) is 9.44. The van der Waals surface area contributed by atoms with Crippen molar-refractivity contribution in [2.24, 2.45) is 0 Å². The van der Waals surface area contributed by atoms with E-state index in [4.69, 9.17) is 5.11 Å². The third-order valence-electron chi connectivity index (χ3n) is 2.13. The SMILES string of the molecule is Cc1cnc(CNCCCCC(=O)O)cn1. The highest BCUT2D eigenvalue weighted by molar-refractivity contribution is 5.66. The molecule has 0 radical (unpaired) electrons. The maximum atomic E-state index is 10.2. The van der Waals surface area contributed by atoms with Crippen molar-refractivity contribution in [3.05, 3.63) is 23.8 Å². The van der Waals surface area contributed by atoms with E-state index < -0.39 is 5.97 Å². The molecule has 5 nitrogen and oxygen atoms in total. The summed E-state index contributed by atoms with van der Waals surface area (Å²) in [4.78, 5) is 18.6. The van der Waals surface area contributed by atoms with Crippen LogP contribution in [0.2, 0.25) is 0 Å². The molecule has 0 bridgehead atoms. The van der Waals surface area contributed by atoms with Crippen LogP contribution in [0, 0.1) is 6.92 Å². The van der Waals surface area contributed by atoms with Gasteiger partial charge in [-0.15, -0.1) is 0 Å². The van der Waals surface area contributed by atoms with Crippen LogP contribution < -0.4 is 5.32 Å². The van der Waals surface area contributed by atoms with E-state index >= 15 is 0 Å². The minimum absolute atomic E-state index is 0.242. The molecule has 5 heteroatoms. The van der Waals surface area contributed by atoms with Gasteiger partial charge < -0.3 is 10.4 Å². The first kappa shape index (κ1) is 12.6. The number of carbonyl (C=O) groups is 1. The standard InChI is InChI=1S/C11H17N3O2/c1-9-6-14-10(8-13-9)7-12-5-3-2-4-11(15)16/h6,8,12H,2-5,7H2,1H3,(H,15,16). The van der Waals surface area contributed by atoms with Crippen LogP contribution >= 0.6 is 0 Å². The van der Waals surface area contributed by atoms with Crippen molar-refractivity contribution >= 4 is 5.97 Å². The van der Waals surface area contributed by atoms with Gasteiger partial charge in [0.05, 0.1) is 11.4 Å². The van der Waals surface area contributed by atoms with Crippen LogP contribution in [0.4, 0.5) is 0 Å². The van der Waals surface area contributed by atoms with Crippen LogP contribution in [-0.2, 0) is 11.3 Å². The highest BCUT2D eigenvalue weighted by Crippen LogP contribution is 1.96. The lowest BCUT2D eigenvalue weighted by Crippen LogP contribution is -2.16. The summed E-state index contributed by atoms with van der Waals surface area (Å²) < 4.78 is 0. The van der Waals surface area contributed by atoms with Gasteiger partial charge >= 0.3 is 5.97 Å². The molecule has 1 aromatic heterocycles. The number of carboxylic acid groups (broad SMARTS) is 1. The monoisotopic (exact) mass is 223 g/mol. The predicted octanol–water partition coefficient (Wildman–Crippen LogP) is 1.13. The number of carboxylic acids is 1. The summed E-state index contributed by atoms with van der Waals surface area (Å²) in [6.07, 6.45) is 5.31. The molecule has 0 saturated heterocycles. The number of nitrogens with zero attached hydrogens (tertiary/aromatic N) is 2. The second kappa shape index (κ2) is 6.90. The number of hydrogen-bond donors (Lipinski definition) is 2. The maximum absolute atomic E-state index is 10.2. The molecule has 0 aliphatic carbocycles. The smallest absolute Gasteiger partial charge is 0.303 e. The Kier molecular flexibility index (Phi) is 5.42. The molecule has 0 atom stereocenters. The van der Waals surface area contributed by atoms with Crippen molar-refractivity contribution in [3.8, 4) is 0 Å². The van der Waals surface area contributed by atoms with E-state index in [1.165, 1.54) is 0 Å². The number of aromatic nitrogens is 2. The molecule has 0 saturated carbocycles. The van der Waals surface area contributed by atoms with Gasteiger partial charge in [0.25, 0.3) is 0 Å². The summed E-state index contributed by atoms with van der Waals surface area (Å²) in [6, 6.07) is 0. The van der Waals surface area contributed by atoms with Gasteiger partial charge in [-0.1, -0.05) is 0 Å². The second-order valence-corrected chi connectivity index (χ2v) is 3.68. The van der Waals surface area contributed by atoms with Gasteiger partial charge in [-0.3, -0.25) is 14.8 Å². The lowest BCUT2D eigenvalue weighted by atomic mass is 10.2. The molecule has 16 heavy (non-hydrogen) atoms. The van der Waals surface area contributed by atoms with Crippen LogP contribution in [0.5, 0.6) is 0 Å². The van der Waals surface area contributed by atoms with Crippen molar-refractivity contribution in [2.75, 3.05) is 6.54 Å². The molecular weight excluding hydrogens is 206 g/mol. The van der Waals surface area contributed by atoms with Gasteiger partial charge in [0.15, 0.2) is 0 Å². The Hall–Kier alpha value is -1.49. The highest BCUT2D eigenvalue weighted by atomic mass is 16.4. The molecule has 0 aliphatic rings. The zero-order chi connectivity index (χ0) is 11.8. The number of nitrogens with one attached hydrogen (secondary N) is 1. The molecular formula is C11H17N3O2. The first-order valence-corrected chi connectivity index (χ1v) is 5.38. The molecule has 0 fully saturated rings. The average Bonchev–Trinajstić information content (AvgIpc) is 2.25. The fourth-order valence-electron chi connectivity index (χ4n) is 1.25. The summed E-state index contributed by atoms with van der Waals surface area (Å²) in [6.45, 7) is 3.39. The fourth-order valence-corrected chi connectivity index (χ4v) is 1.25. The third-order valence-corrected chi connectivity index (χ3v) is 2.13. The first-order valence-electron chi connectivity index (χ1n) is 5.38. The molecule has 1 aromatic rings. The Morgan fingerprint density at radius 2 is 2.19 bits per heavy atom. The van der Waals surface area contributed by atoms with E-state index in [2.05, 4.69) is 15.3 Å². The van der Waals surface area contributed by atoms with E-state index in [0.29, 0.717) is 13.0 Å². The van der Waals surface area contributed by atoms with Crippen LogP contribution in [-0.4, -0.2) is 27.6 Å². The minimum Gasteiger partial charge on any atom is -0.481 e. The Balaban J connectivity index is 2.07. The predicted molar refractivity (Wildman–Crippen MR) is 60.0 cm³/mol. The van der Waals surface area contributed by atoms with Crippen molar-refractivity contribution in [1.82, 2.24) is 15.3 Å². The number of aryl methyl sites for hydroxylation is 1. The summed E-state index contributed by atoms with van der Waals surface area (Å²) in [5.41, 5.74) is 1.81. The minimum atomic E-state index is -0.732. The lowest BCUT2D eigenvalue weighted by molar-refractivity contribution is -0.137. The molecule has 1 heterocycles. The highest BCUT2D eigenvalue weighted by Gasteiger charge is 1.97. The molecule has 0 aliphatic heterocycles. The number of unbranched alkanes of at least 4 members (excludes halogenated alkanes) is 1. The fraction of sp³-hybridized carbons (Fsp3) is 0.545. The molecule has 88 valence electrons. The quantitative estimate of drug-likeness (QED) is 0.678. The number of aliphatic carboxylic acids is 1. The molecule has 1 rings (SSSR count). The van der Waals surface area contributed by atoms with Crippen molar-refractivity contribution in [2.45, 2.75) is 32.7 Å². The molecule has 0 unspecified atom stereocenters. The van der Waals surface area contributed by atoms with E-state index in [-0.39, 0.29) is 6.42 Å². The van der Waals surface area contributed by atoms with Gasteiger partial charge in [-0.2, -0.15) is 0 Å². The normalized spacial score (nSPS) is 10.3.